The van der Waals surface area contributed by atoms with Gasteiger partial charge in [-0.25, -0.2) is 4.98 Å². The summed E-state index contributed by atoms with van der Waals surface area (Å²) in [5, 5.41) is 4.66. The highest BCUT2D eigenvalue weighted by Crippen LogP contribution is 2.33. The first kappa shape index (κ1) is 19.5. The minimum Gasteiger partial charge on any atom is -0.496 e. The van der Waals surface area contributed by atoms with Crippen LogP contribution in [0.25, 0.3) is 17.3 Å². The Morgan fingerprint density at radius 2 is 1.86 bits per heavy atom. The minimum atomic E-state index is -2.93. The zero-order valence-electron chi connectivity index (χ0n) is 14.8. The van der Waals surface area contributed by atoms with Crippen LogP contribution < -0.4 is 14.8 Å². The Balaban J connectivity index is 1.71. The number of aromatic nitrogens is 1. The Labute approximate surface area is 164 Å². The molecule has 0 aliphatic rings. The van der Waals surface area contributed by atoms with Crippen molar-refractivity contribution in [3.05, 3.63) is 65.6 Å². The van der Waals surface area contributed by atoms with Gasteiger partial charge in [0.25, 0.3) is 0 Å². The lowest BCUT2D eigenvalue weighted by atomic mass is 10.1. The van der Waals surface area contributed by atoms with Crippen LogP contribution in [0.2, 0.25) is 0 Å². The van der Waals surface area contributed by atoms with Gasteiger partial charge in [0, 0.05) is 22.6 Å². The van der Waals surface area contributed by atoms with E-state index in [9.17, 15) is 13.6 Å². The van der Waals surface area contributed by atoms with Crippen molar-refractivity contribution in [3.8, 4) is 22.8 Å². The van der Waals surface area contributed by atoms with Gasteiger partial charge in [0.1, 0.15) is 11.5 Å². The number of benzene rings is 2. The number of halogens is 2. The third kappa shape index (κ3) is 4.92. The molecule has 0 aliphatic heterocycles. The number of nitrogens with zero attached hydrogens (tertiary/aromatic N) is 1. The average Bonchev–Trinajstić information content (AvgIpc) is 3.14. The highest BCUT2D eigenvalue weighted by molar-refractivity contribution is 7.14. The van der Waals surface area contributed by atoms with Gasteiger partial charge in [0.2, 0.25) is 5.91 Å². The summed E-state index contributed by atoms with van der Waals surface area (Å²) in [4.78, 5) is 16.4. The Hall–Kier alpha value is -3.26. The number of ether oxygens (including phenoxy) is 2. The maximum atomic E-state index is 12.6. The number of hydrogen-bond acceptors (Lipinski definition) is 5. The van der Waals surface area contributed by atoms with Gasteiger partial charge in [-0.2, -0.15) is 8.78 Å². The minimum absolute atomic E-state index is 0.0248. The summed E-state index contributed by atoms with van der Waals surface area (Å²) in [6.45, 7) is -2.93. The lowest BCUT2D eigenvalue weighted by Gasteiger charge is -2.08. The standard InChI is InChI=1S/C20H16F2N2O3S/c1-26-16-8-4-2-6-13(16)10-11-18(25)24-20-23-15(12-28-20)14-7-3-5-9-17(14)27-19(21)22/h2-12,19H,1H3,(H,23,24,25)/b11-10+. The van der Waals surface area contributed by atoms with Crippen molar-refractivity contribution in [1.29, 1.82) is 0 Å². The van der Waals surface area contributed by atoms with Crippen LogP contribution in [0.15, 0.2) is 60.0 Å². The molecule has 1 heterocycles. The topological polar surface area (TPSA) is 60.5 Å². The third-order valence-electron chi connectivity index (χ3n) is 3.67. The van der Waals surface area contributed by atoms with E-state index in [0.29, 0.717) is 22.1 Å². The van der Waals surface area contributed by atoms with Crippen LogP contribution in [0.4, 0.5) is 13.9 Å². The second-order valence-electron chi connectivity index (χ2n) is 5.48. The predicted molar refractivity (Wildman–Crippen MR) is 105 cm³/mol. The maximum Gasteiger partial charge on any atom is 0.387 e. The molecule has 0 saturated heterocycles. The van der Waals surface area contributed by atoms with Gasteiger partial charge < -0.3 is 9.47 Å². The molecular weight excluding hydrogens is 386 g/mol. The van der Waals surface area contributed by atoms with E-state index in [4.69, 9.17) is 4.74 Å². The Morgan fingerprint density at radius 3 is 2.61 bits per heavy atom. The first-order chi connectivity index (χ1) is 13.6. The molecule has 5 nitrogen and oxygen atoms in total. The van der Waals surface area contributed by atoms with Crippen molar-refractivity contribution >= 4 is 28.5 Å². The van der Waals surface area contributed by atoms with E-state index in [2.05, 4.69) is 15.0 Å². The molecule has 0 saturated carbocycles. The molecular formula is C20H16F2N2O3S. The van der Waals surface area contributed by atoms with E-state index < -0.39 is 6.61 Å². The van der Waals surface area contributed by atoms with Crippen LogP contribution in [-0.4, -0.2) is 24.6 Å². The van der Waals surface area contributed by atoms with Crippen LogP contribution in [0.3, 0.4) is 0 Å². The zero-order valence-corrected chi connectivity index (χ0v) is 15.6. The summed E-state index contributed by atoms with van der Waals surface area (Å²) in [7, 11) is 1.55. The summed E-state index contributed by atoms with van der Waals surface area (Å²) in [6, 6.07) is 13.7. The quantitative estimate of drug-likeness (QED) is 0.561. The molecule has 0 fully saturated rings. The van der Waals surface area contributed by atoms with Crippen molar-refractivity contribution in [2.75, 3.05) is 12.4 Å². The number of carbonyl (C=O) groups excluding carboxylic acids is 1. The maximum absolute atomic E-state index is 12.6. The lowest BCUT2D eigenvalue weighted by Crippen LogP contribution is -2.07. The molecule has 0 radical (unpaired) electrons. The molecule has 0 atom stereocenters. The Bertz CT molecular complexity index is 989. The number of nitrogens with one attached hydrogen (secondary N) is 1. The number of rotatable bonds is 7. The number of hydrogen-bond donors (Lipinski definition) is 1. The molecule has 0 aliphatic carbocycles. The van der Waals surface area contributed by atoms with Crippen molar-refractivity contribution in [3.63, 3.8) is 0 Å². The molecule has 3 aromatic rings. The number of carbonyl (C=O) groups is 1. The summed E-state index contributed by atoms with van der Waals surface area (Å²) in [5.41, 5.74) is 1.62. The van der Waals surface area contributed by atoms with E-state index in [1.807, 2.05) is 18.2 Å². The summed E-state index contributed by atoms with van der Waals surface area (Å²) < 4.78 is 34.9. The van der Waals surface area contributed by atoms with Gasteiger partial charge in [-0.3, -0.25) is 10.1 Å². The molecule has 1 aromatic heterocycles. The van der Waals surface area contributed by atoms with Crippen molar-refractivity contribution in [1.82, 2.24) is 4.98 Å². The molecule has 3 rings (SSSR count). The fourth-order valence-corrected chi connectivity index (χ4v) is 3.16. The molecule has 0 spiro atoms. The van der Waals surface area contributed by atoms with Crippen molar-refractivity contribution in [2.24, 2.45) is 0 Å². The number of para-hydroxylation sites is 2. The summed E-state index contributed by atoms with van der Waals surface area (Å²) >= 11 is 1.18. The molecule has 28 heavy (non-hydrogen) atoms. The lowest BCUT2D eigenvalue weighted by molar-refractivity contribution is -0.111. The smallest absolute Gasteiger partial charge is 0.387 e. The van der Waals surface area contributed by atoms with Gasteiger partial charge in [-0.15, -0.1) is 11.3 Å². The number of thiazole rings is 1. The zero-order chi connectivity index (χ0) is 19.9. The van der Waals surface area contributed by atoms with Crippen LogP contribution in [0.5, 0.6) is 11.5 Å². The predicted octanol–water partition coefficient (Wildman–Crippen LogP) is 5.07. The number of amides is 1. The third-order valence-corrected chi connectivity index (χ3v) is 4.42. The molecule has 0 unspecified atom stereocenters. The molecule has 0 bridgehead atoms. The average molecular weight is 402 g/mol. The highest BCUT2D eigenvalue weighted by Gasteiger charge is 2.14. The highest BCUT2D eigenvalue weighted by atomic mass is 32.1. The molecule has 1 amide bonds. The van der Waals surface area contributed by atoms with E-state index in [-0.39, 0.29) is 11.7 Å². The monoisotopic (exact) mass is 402 g/mol. The Morgan fingerprint density at radius 1 is 1.14 bits per heavy atom. The Kier molecular flexibility index (Phi) is 6.33. The number of methoxy groups -OCH3 is 1. The van der Waals surface area contributed by atoms with Crippen LogP contribution in [0.1, 0.15) is 5.56 Å². The summed E-state index contributed by atoms with van der Waals surface area (Å²) in [5.74, 6) is 0.305. The van der Waals surface area contributed by atoms with Crippen LogP contribution >= 0.6 is 11.3 Å². The fourth-order valence-electron chi connectivity index (χ4n) is 2.45. The van der Waals surface area contributed by atoms with Gasteiger partial charge in [0.05, 0.1) is 12.8 Å². The van der Waals surface area contributed by atoms with E-state index in [0.717, 1.165) is 5.56 Å². The largest absolute Gasteiger partial charge is 0.496 e. The first-order valence-electron chi connectivity index (χ1n) is 8.18. The summed E-state index contributed by atoms with van der Waals surface area (Å²) in [6.07, 6.45) is 3.00. The van der Waals surface area contributed by atoms with Gasteiger partial charge in [-0.1, -0.05) is 30.3 Å². The second-order valence-corrected chi connectivity index (χ2v) is 6.34. The van der Waals surface area contributed by atoms with E-state index in [1.165, 1.54) is 23.5 Å². The first-order valence-corrected chi connectivity index (χ1v) is 9.06. The van der Waals surface area contributed by atoms with Crippen molar-refractivity contribution < 1.29 is 23.0 Å². The van der Waals surface area contributed by atoms with Crippen LogP contribution in [0, 0.1) is 0 Å². The molecule has 8 heteroatoms. The van der Waals surface area contributed by atoms with Gasteiger partial charge in [-0.05, 0) is 24.3 Å². The van der Waals surface area contributed by atoms with Gasteiger partial charge >= 0.3 is 6.61 Å². The normalized spacial score (nSPS) is 11.0. The number of alkyl halides is 2. The SMILES string of the molecule is COc1ccccc1/C=C/C(=O)Nc1nc(-c2ccccc2OC(F)F)cs1. The molecule has 144 valence electrons. The molecule has 1 N–H and O–H groups in total. The molecule has 2 aromatic carbocycles. The second kappa shape index (κ2) is 9.09. The van der Waals surface area contributed by atoms with Crippen LogP contribution in [-0.2, 0) is 4.79 Å². The van der Waals surface area contributed by atoms with E-state index >= 15 is 0 Å². The number of anilines is 1. The fraction of sp³-hybridized carbons (Fsp3) is 0.100. The van der Waals surface area contributed by atoms with E-state index in [1.54, 1.807) is 42.8 Å². The van der Waals surface area contributed by atoms with Crippen molar-refractivity contribution in [2.45, 2.75) is 6.61 Å². The van der Waals surface area contributed by atoms with Gasteiger partial charge in [0.15, 0.2) is 5.13 Å².